The Hall–Kier alpha value is -3.12. The highest BCUT2D eigenvalue weighted by atomic mass is 32.2. The number of β-lactam (4-membered cyclic amide) rings is 1. The largest absolute Gasteiger partial charge is 0.477 e. The number of nitrogen functional groups attached to an aromatic ring is 1. The van der Waals surface area contributed by atoms with E-state index in [4.69, 9.17) is 10.6 Å². The van der Waals surface area contributed by atoms with E-state index in [0.29, 0.717) is 11.3 Å². The summed E-state index contributed by atoms with van der Waals surface area (Å²) < 4.78 is 0. The second-order valence-corrected chi connectivity index (χ2v) is 7.82. The molecule has 3 rings (SSSR count). The Kier molecular flexibility index (Phi) is 6.03. The number of aromatic nitrogens is 1. The number of carboxylic acids is 1. The van der Waals surface area contributed by atoms with Crippen molar-refractivity contribution in [3.05, 3.63) is 47.2 Å². The molecule has 152 valence electrons. The van der Waals surface area contributed by atoms with Crippen LogP contribution in [0.25, 0.3) is 0 Å². The molecule has 2 aliphatic heterocycles. The minimum absolute atomic E-state index is 0.0968. The Morgan fingerprint density at radius 2 is 2.31 bits per heavy atom. The molecule has 29 heavy (non-hydrogen) atoms. The van der Waals surface area contributed by atoms with Crippen LogP contribution in [0.2, 0.25) is 0 Å². The second kappa shape index (κ2) is 8.49. The Balaban J connectivity index is 1.80. The SMILES string of the molecule is C=C/C=C/C1=C(C(=O)O)N2C(=O)[C@@H](NC(=O)/C(=N/OC)c3csc(N)n3)[C@H]2SC1. The van der Waals surface area contributed by atoms with Crippen molar-refractivity contribution in [2.24, 2.45) is 5.16 Å². The fraction of sp³-hybridized carbons (Fsp3) is 0.235. The van der Waals surface area contributed by atoms with Gasteiger partial charge in [-0.1, -0.05) is 30.0 Å². The molecule has 2 aliphatic rings. The van der Waals surface area contributed by atoms with Crippen molar-refractivity contribution in [2.75, 3.05) is 18.6 Å². The first-order valence-electron chi connectivity index (χ1n) is 8.22. The number of nitrogens with zero attached hydrogens (tertiary/aromatic N) is 3. The van der Waals surface area contributed by atoms with Crippen LogP contribution < -0.4 is 11.1 Å². The van der Waals surface area contributed by atoms with E-state index in [9.17, 15) is 19.5 Å². The minimum atomic E-state index is -1.21. The van der Waals surface area contributed by atoms with Crippen LogP contribution >= 0.6 is 23.1 Å². The van der Waals surface area contributed by atoms with E-state index in [2.05, 4.69) is 22.0 Å². The van der Waals surface area contributed by atoms with E-state index in [1.165, 1.54) is 29.8 Å². The number of hydrogen-bond donors (Lipinski definition) is 3. The van der Waals surface area contributed by atoms with Gasteiger partial charge in [0.15, 0.2) is 10.8 Å². The highest BCUT2D eigenvalue weighted by molar-refractivity contribution is 8.00. The lowest BCUT2D eigenvalue weighted by Gasteiger charge is -2.49. The Morgan fingerprint density at radius 1 is 1.55 bits per heavy atom. The van der Waals surface area contributed by atoms with E-state index < -0.39 is 29.2 Å². The average molecular weight is 435 g/mol. The van der Waals surface area contributed by atoms with Gasteiger partial charge in [0.2, 0.25) is 0 Å². The molecule has 0 radical (unpaired) electrons. The summed E-state index contributed by atoms with van der Waals surface area (Å²) in [6.45, 7) is 3.56. The first-order valence-corrected chi connectivity index (χ1v) is 10.2. The number of rotatable bonds is 7. The molecule has 4 N–H and O–H groups in total. The zero-order chi connectivity index (χ0) is 21.1. The van der Waals surface area contributed by atoms with Crippen molar-refractivity contribution < 1.29 is 24.3 Å². The van der Waals surface area contributed by atoms with Crippen LogP contribution in [0.15, 0.2) is 46.6 Å². The number of aliphatic carboxylic acids is 1. The first kappa shape index (κ1) is 20.6. The monoisotopic (exact) mass is 435 g/mol. The molecule has 1 fully saturated rings. The molecule has 0 saturated carbocycles. The Labute approximate surface area is 173 Å². The third-order valence-corrected chi connectivity index (χ3v) is 6.06. The van der Waals surface area contributed by atoms with Gasteiger partial charge in [-0.05, 0) is 5.57 Å². The molecule has 2 atom stereocenters. The first-order chi connectivity index (χ1) is 13.9. The summed E-state index contributed by atoms with van der Waals surface area (Å²) in [5.41, 5.74) is 6.08. The van der Waals surface area contributed by atoms with Crippen molar-refractivity contribution >= 4 is 51.7 Å². The van der Waals surface area contributed by atoms with Crippen LogP contribution in [0.4, 0.5) is 5.13 Å². The maximum absolute atomic E-state index is 12.7. The average Bonchev–Trinajstić information content (AvgIpc) is 3.13. The van der Waals surface area contributed by atoms with E-state index in [0.717, 1.165) is 11.3 Å². The van der Waals surface area contributed by atoms with Crippen LogP contribution in [0.3, 0.4) is 0 Å². The number of fused-ring (bicyclic) bond motifs is 1. The molecule has 0 unspecified atom stereocenters. The van der Waals surface area contributed by atoms with Crippen molar-refractivity contribution in [3.8, 4) is 0 Å². The predicted molar refractivity (Wildman–Crippen MR) is 109 cm³/mol. The number of oxime groups is 1. The van der Waals surface area contributed by atoms with Crippen LogP contribution in [0, 0.1) is 0 Å². The molecule has 0 bridgehead atoms. The number of hydrogen-bond acceptors (Lipinski definition) is 9. The van der Waals surface area contributed by atoms with E-state index in [-0.39, 0.29) is 22.2 Å². The number of carboxylic acid groups (broad SMARTS) is 1. The lowest BCUT2D eigenvalue weighted by atomic mass is 10.0. The summed E-state index contributed by atoms with van der Waals surface area (Å²) in [4.78, 5) is 46.9. The minimum Gasteiger partial charge on any atom is -0.477 e. The standard InChI is InChI=1S/C17H17N5O5S2/c1-3-4-5-8-6-28-15-11(14(24)22(15)12(8)16(25)26)20-13(23)10(21-27-2)9-7-29-17(18)19-9/h3-5,7,11,15H,1,6H2,2H3,(H2,18,19)(H,20,23)(H,25,26)/b5-4+,21-10+/t11-,15-/m1/s1. The van der Waals surface area contributed by atoms with Gasteiger partial charge in [-0.25, -0.2) is 9.78 Å². The predicted octanol–water partition coefficient (Wildman–Crippen LogP) is 0.557. The van der Waals surface area contributed by atoms with Crippen LogP contribution in [-0.4, -0.2) is 62.8 Å². The third-order valence-electron chi connectivity index (χ3n) is 4.08. The zero-order valence-corrected chi connectivity index (χ0v) is 16.8. The molecule has 1 aromatic heterocycles. The second-order valence-electron chi connectivity index (χ2n) is 5.83. The molecule has 3 heterocycles. The van der Waals surface area contributed by atoms with Gasteiger partial charge in [0.1, 0.15) is 29.9 Å². The third kappa shape index (κ3) is 3.89. The van der Waals surface area contributed by atoms with Crippen molar-refractivity contribution in [1.82, 2.24) is 15.2 Å². The molecule has 10 nitrogen and oxygen atoms in total. The molecule has 0 aliphatic carbocycles. The highest BCUT2D eigenvalue weighted by Crippen LogP contribution is 2.40. The molecular formula is C17H17N5O5S2. The summed E-state index contributed by atoms with van der Waals surface area (Å²) in [7, 11) is 1.28. The molecule has 12 heteroatoms. The number of nitrogens with two attached hydrogens (primary N) is 1. The number of carbonyl (C=O) groups is 3. The van der Waals surface area contributed by atoms with Gasteiger partial charge in [-0.2, -0.15) is 0 Å². The van der Waals surface area contributed by atoms with Crippen LogP contribution in [-0.2, 0) is 19.2 Å². The normalized spacial score (nSPS) is 21.6. The maximum atomic E-state index is 12.7. The molecular weight excluding hydrogens is 418 g/mol. The van der Waals surface area contributed by atoms with E-state index in [1.807, 2.05) is 0 Å². The van der Waals surface area contributed by atoms with Gasteiger partial charge in [-0.15, -0.1) is 23.1 Å². The van der Waals surface area contributed by atoms with Crippen molar-refractivity contribution in [3.63, 3.8) is 0 Å². The van der Waals surface area contributed by atoms with Crippen molar-refractivity contribution in [1.29, 1.82) is 0 Å². The van der Waals surface area contributed by atoms with E-state index >= 15 is 0 Å². The number of carbonyl (C=O) groups excluding carboxylic acids is 2. The fourth-order valence-corrected chi connectivity index (χ4v) is 4.72. The number of anilines is 1. The van der Waals surface area contributed by atoms with Gasteiger partial charge in [-0.3, -0.25) is 14.5 Å². The van der Waals surface area contributed by atoms with E-state index in [1.54, 1.807) is 17.5 Å². The lowest BCUT2D eigenvalue weighted by Crippen LogP contribution is -2.71. The molecule has 0 spiro atoms. The van der Waals surface area contributed by atoms with Gasteiger partial charge in [0.25, 0.3) is 11.8 Å². The number of nitrogens with one attached hydrogen (secondary N) is 1. The van der Waals surface area contributed by atoms with Gasteiger partial charge >= 0.3 is 5.97 Å². The topological polar surface area (TPSA) is 147 Å². The van der Waals surface area contributed by atoms with Gasteiger partial charge in [0.05, 0.1) is 0 Å². The summed E-state index contributed by atoms with van der Waals surface area (Å²) in [6.07, 6.45) is 4.73. The van der Waals surface area contributed by atoms with Crippen LogP contribution in [0.1, 0.15) is 5.69 Å². The zero-order valence-electron chi connectivity index (χ0n) is 15.2. The van der Waals surface area contributed by atoms with Gasteiger partial charge < -0.3 is 21.0 Å². The summed E-state index contributed by atoms with van der Waals surface area (Å²) >= 11 is 2.48. The number of thiazole rings is 1. The number of thioether (sulfide) groups is 1. The molecule has 1 aromatic rings. The Bertz CT molecular complexity index is 967. The lowest BCUT2D eigenvalue weighted by molar-refractivity contribution is -0.150. The molecule has 0 aromatic carbocycles. The number of amides is 2. The fourth-order valence-electron chi connectivity index (χ4n) is 2.86. The number of allylic oxidation sites excluding steroid dienone is 3. The summed E-state index contributed by atoms with van der Waals surface area (Å²) in [5.74, 6) is -2.04. The molecule has 1 saturated heterocycles. The highest BCUT2D eigenvalue weighted by Gasteiger charge is 2.54. The maximum Gasteiger partial charge on any atom is 0.352 e. The quantitative estimate of drug-likeness (QED) is 0.244. The summed E-state index contributed by atoms with van der Waals surface area (Å²) in [5, 5.41) is 17.1. The van der Waals surface area contributed by atoms with Crippen molar-refractivity contribution in [2.45, 2.75) is 11.4 Å². The summed E-state index contributed by atoms with van der Waals surface area (Å²) in [6, 6.07) is -0.898. The van der Waals surface area contributed by atoms with Crippen LogP contribution in [0.5, 0.6) is 0 Å². The van der Waals surface area contributed by atoms with Gasteiger partial charge in [0, 0.05) is 11.1 Å². The Morgan fingerprint density at radius 3 is 2.90 bits per heavy atom. The smallest absolute Gasteiger partial charge is 0.352 e. The molecule has 2 amide bonds.